The first-order valence-electron chi connectivity index (χ1n) is 6.54. The fraction of sp³-hybridized carbons (Fsp3) is 0.643. The number of nitrogens with zero attached hydrogens (tertiary/aromatic N) is 1. The van der Waals surface area contributed by atoms with E-state index in [2.05, 4.69) is 17.2 Å². The second kappa shape index (κ2) is 5.76. The average molecular weight is 252 g/mol. The Morgan fingerprint density at radius 2 is 2.39 bits per heavy atom. The molecule has 0 spiro atoms. The number of ether oxygens (including phenoxy) is 1. The average Bonchev–Trinajstić information content (AvgIpc) is 3.10. The van der Waals surface area contributed by atoms with Gasteiger partial charge < -0.3 is 10.1 Å². The van der Waals surface area contributed by atoms with Crippen molar-refractivity contribution in [2.45, 2.75) is 25.2 Å². The van der Waals surface area contributed by atoms with E-state index in [1.54, 1.807) is 7.11 Å². The molecule has 0 bridgehead atoms. The highest BCUT2D eigenvalue weighted by molar-refractivity contribution is 5.28. The third kappa shape index (κ3) is 2.70. The summed E-state index contributed by atoms with van der Waals surface area (Å²) in [6.07, 6.45) is 3.52. The Balaban J connectivity index is 1.92. The van der Waals surface area contributed by atoms with E-state index < -0.39 is 0 Å². The summed E-state index contributed by atoms with van der Waals surface area (Å²) in [4.78, 5) is 4.25. The fourth-order valence-corrected chi connectivity index (χ4v) is 2.70. The molecule has 18 heavy (non-hydrogen) atoms. The molecule has 1 aromatic heterocycles. The summed E-state index contributed by atoms with van der Waals surface area (Å²) in [5, 5.41) is 3.39. The van der Waals surface area contributed by atoms with Gasteiger partial charge in [-0.25, -0.2) is 4.39 Å². The van der Waals surface area contributed by atoms with Gasteiger partial charge in [-0.2, -0.15) is 0 Å². The second-order valence-electron chi connectivity index (χ2n) is 4.97. The lowest BCUT2D eigenvalue weighted by Gasteiger charge is -2.15. The minimum absolute atomic E-state index is 0.160. The van der Waals surface area contributed by atoms with Gasteiger partial charge in [0.15, 0.2) is 0 Å². The predicted octanol–water partition coefficient (Wildman–Crippen LogP) is 2.12. The highest BCUT2D eigenvalue weighted by Gasteiger charge is 2.54. The monoisotopic (exact) mass is 252 g/mol. The van der Waals surface area contributed by atoms with Gasteiger partial charge in [-0.15, -0.1) is 0 Å². The van der Waals surface area contributed by atoms with Gasteiger partial charge in [-0.3, -0.25) is 4.98 Å². The van der Waals surface area contributed by atoms with Crippen LogP contribution in [-0.4, -0.2) is 31.8 Å². The van der Waals surface area contributed by atoms with Crippen LogP contribution in [0.15, 0.2) is 18.3 Å². The van der Waals surface area contributed by atoms with Crippen LogP contribution >= 0.6 is 0 Å². The summed E-state index contributed by atoms with van der Waals surface area (Å²) in [5.74, 6) is 0.345. The number of halogens is 1. The first kappa shape index (κ1) is 13.4. The fourth-order valence-electron chi connectivity index (χ4n) is 2.70. The van der Waals surface area contributed by atoms with Crippen molar-refractivity contribution in [1.82, 2.24) is 10.3 Å². The molecule has 1 aliphatic carbocycles. The number of pyridine rings is 1. The van der Waals surface area contributed by atoms with Crippen molar-refractivity contribution in [2.75, 3.05) is 26.8 Å². The van der Waals surface area contributed by atoms with Crippen molar-refractivity contribution < 1.29 is 9.13 Å². The largest absolute Gasteiger partial charge is 0.383 e. The molecule has 3 nitrogen and oxygen atoms in total. The SMILES string of the molecule is CCC1(c2ccc(F)cn2)CC1CNCCOC. The van der Waals surface area contributed by atoms with Crippen LogP contribution in [0.5, 0.6) is 0 Å². The first-order chi connectivity index (χ1) is 8.73. The van der Waals surface area contributed by atoms with E-state index in [1.807, 2.05) is 6.07 Å². The standard InChI is InChI=1S/C14H21FN2O/c1-3-14(13-5-4-12(15)10-17-13)8-11(14)9-16-6-7-18-2/h4-5,10-11,16H,3,6-9H2,1-2H3. The zero-order chi connectivity index (χ0) is 13.0. The lowest BCUT2D eigenvalue weighted by Crippen LogP contribution is -2.25. The number of aromatic nitrogens is 1. The molecule has 1 saturated carbocycles. The molecule has 2 unspecified atom stereocenters. The van der Waals surface area contributed by atoms with Crippen LogP contribution in [0.2, 0.25) is 0 Å². The minimum atomic E-state index is -0.263. The van der Waals surface area contributed by atoms with Gasteiger partial charge in [0.25, 0.3) is 0 Å². The van der Waals surface area contributed by atoms with Crippen molar-refractivity contribution >= 4 is 0 Å². The van der Waals surface area contributed by atoms with Crippen molar-refractivity contribution in [2.24, 2.45) is 5.92 Å². The van der Waals surface area contributed by atoms with Gasteiger partial charge in [-0.05, 0) is 37.4 Å². The normalized spacial score (nSPS) is 26.3. The molecular formula is C14H21FN2O. The van der Waals surface area contributed by atoms with E-state index in [4.69, 9.17) is 4.74 Å². The lowest BCUT2D eigenvalue weighted by molar-refractivity contribution is 0.199. The third-order valence-corrected chi connectivity index (χ3v) is 3.97. The first-order valence-corrected chi connectivity index (χ1v) is 6.54. The molecule has 1 fully saturated rings. The maximum Gasteiger partial charge on any atom is 0.141 e. The molecule has 2 rings (SSSR count). The van der Waals surface area contributed by atoms with Gasteiger partial charge >= 0.3 is 0 Å². The Morgan fingerprint density at radius 3 is 3.00 bits per heavy atom. The Bertz CT molecular complexity index is 382. The molecule has 1 N–H and O–H groups in total. The van der Waals surface area contributed by atoms with Gasteiger partial charge in [0.2, 0.25) is 0 Å². The summed E-state index contributed by atoms with van der Waals surface area (Å²) in [7, 11) is 1.71. The van der Waals surface area contributed by atoms with Crippen molar-refractivity contribution in [3.05, 3.63) is 29.8 Å². The van der Waals surface area contributed by atoms with Gasteiger partial charge in [-0.1, -0.05) is 6.92 Å². The molecule has 0 saturated heterocycles. The molecule has 2 atom stereocenters. The van der Waals surface area contributed by atoms with Crippen LogP contribution in [0.1, 0.15) is 25.5 Å². The summed E-state index contributed by atoms with van der Waals surface area (Å²) < 4.78 is 17.9. The Hall–Kier alpha value is -1.00. The van der Waals surface area contributed by atoms with Gasteiger partial charge in [0, 0.05) is 24.8 Å². The zero-order valence-electron chi connectivity index (χ0n) is 11.1. The van der Waals surface area contributed by atoms with Gasteiger partial charge in [0.1, 0.15) is 5.82 Å². The second-order valence-corrected chi connectivity index (χ2v) is 4.97. The number of hydrogen-bond acceptors (Lipinski definition) is 3. The maximum absolute atomic E-state index is 12.9. The van der Waals surface area contributed by atoms with Crippen LogP contribution in [0.25, 0.3) is 0 Å². The summed E-state index contributed by atoms with van der Waals surface area (Å²) >= 11 is 0. The van der Waals surface area contributed by atoms with E-state index in [-0.39, 0.29) is 11.2 Å². The maximum atomic E-state index is 12.9. The van der Waals surface area contributed by atoms with E-state index in [0.717, 1.165) is 38.2 Å². The van der Waals surface area contributed by atoms with Crippen LogP contribution in [-0.2, 0) is 10.2 Å². The Labute approximate surface area is 108 Å². The number of rotatable bonds is 7. The molecule has 1 aliphatic rings. The number of nitrogens with one attached hydrogen (secondary N) is 1. The zero-order valence-corrected chi connectivity index (χ0v) is 11.1. The molecule has 0 amide bonds. The van der Waals surface area contributed by atoms with Crippen molar-refractivity contribution in [1.29, 1.82) is 0 Å². The van der Waals surface area contributed by atoms with Crippen LogP contribution in [0, 0.1) is 11.7 Å². The van der Waals surface area contributed by atoms with Crippen LogP contribution < -0.4 is 5.32 Å². The topological polar surface area (TPSA) is 34.2 Å². The lowest BCUT2D eigenvalue weighted by atomic mass is 9.95. The highest BCUT2D eigenvalue weighted by Crippen LogP contribution is 2.55. The summed E-state index contributed by atoms with van der Waals surface area (Å²) in [5.41, 5.74) is 1.19. The van der Waals surface area contributed by atoms with Crippen molar-refractivity contribution in [3.8, 4) is 0 Å². The molecule has 0 aliphatic heterocycles. The Morgan fingerprint density at radius 1 is 1.56 bits per heavy atom. The summed E-state index contributed by atoms with van der Waals surface area (Å²) in [6.45, 7) is 4.78. The smallest absolute Gasteiger partial charge is 0.141 e. The summed E-state index contributed by atoms with van der Waals surface area (Å²) in [6, 6.07) is 3.33. The van der Waals surface area contributed by atoms with Crippen LogP contribution in [0.4, 0.5) is 4.39 Å². The molecule has 4 heteroatoms. The molecule has 100 valence electrons. The van der Waals surface area contributed by atoms with E-state index in [9.17, 15) is 4.39 Å². The van der Waals surface area contributed by atoms with Crippen LogP contribution in [0.3, 0.4) is 0 Å². The molecule has 0 radical (unpaired) electrons. The van der Waals surface area contributed by atoms with Gasteiger partial charge in [0.05, 0.1) is 12.8 Å². The minimum Gasteiger partial charge on any atom is -0.383 e. The Kier molecular flexibility index (Phi) is 4.30. The number of methoxy groups -OCH3 is 1. The third-order valence-electron chi connectivity index (χ3n) is 3.97. The van der Waals surface area contributed by atoms with E-state index >= 15 is 0 Å². The predicted molar refractivity (Wildman–Crippen MR) is 69.0 cm³/mol. The molecule has 1 heterocycles. The van der Waals surface area contributed by atoms with E-state index in [1.165, 1.54) is 12.3 Å². The highest BCUT2D eigenvalue weighted by atomic mass is 19.1. The van der Waals surface area contributed by atoms with E-state index in [0.29, 0.717) is 5.92 Å². The quantitative estimate of drug-likeness (QED) is 0.755. The van der Waals surface area contributed by atoms with Crippen molar-refractivity contribution in [3.63, 3.8) is 0 Å². The molecular weight excluding hydrogens is 231 g/mol. The molecule has 0 aromatic carbocycles. The number of hydrogen-bond donors (Lipinski definition) is 1. The molecule has 1 aromatic rings.